The first-order valence-electron chi connectivity index (χ1n) is 6.10. The highest BCUT2D eigenvalue weighted by atomic mass is 35.5. The van der Waals surface area contributed by atoms with Crippen LogP contribution in [-0.2, 0) is 0 Å². The van der Waals surface area contributed by atoms with Crippen molar-refractivity contribution in [2.75, 3.05) is 0 Å². The Bertz CT molecular complexity index is 1140. The lowest BCUT2D eigenvalue weighted by Gasteiger charge is -2.05. The number of aromatic nitrogens is 2. The van der Waals surface area contributed by atoms with Gasteiger partial charge in [0.25, 0.3) is 0 Å². The second-order valence-corrected chi connectivity index (χ2v) is 6.30. The Balaban J connectivity index is 2.53. The summed E-state index contributed by atoms with van der Waals surface area (Å²) in [6.07, 6.45) is 0. The molecule has 0 bridgehead atoms. The quantitative estimate of drug-likeness (QED) is 0.718. The second-order valence-electron chi connectivity index (χ2n) is 4.48. The minimum Gasteiger partial charge on any atom is -0.283 e. The molecule has 0 unspecified atom stereocenters. The van der Waals surface area contributed by atoms with Crippen LogP contribution in [0.15, 0.2) is 12.1 Å². The molecule has 6 nitrogen and oxygen atoms in total. The molecule has 0 saturated heterocycles. The van der Waals surface area contributed by atoms with Gasteiger partial charge in [0.15, 0.2) is 16.4 Å². The van der Waals surface area contributed by atoms with Crippen molar-refractivity contribution >= 4 is 49.7 Å². The van der Waals surface area contributed by atoms with Crippen LogP contribution in [0.3, 0.4) is 0 Å². The van der Waals surface area contributed by atoms with Gasteiger partial charge in [-0.2, -0.15) is 15.8 Å². The number of thiazole rings is 1. The first kappa shape index (κ1) is 15.3. The molecular weight excluding hydrogens is 355 g/mol. The monoisotopic (exact) mass is 358 g/mol. The zero-order valence-corrected chi connectivity index (χ0v) is 13.5. The van der Waals surface area contributed by atoms with Gasteiger partial charge in [-0.1, -0.05) is 34.5 Å². The number of hydrogen-bond donors (Lipinski definition) is 1. The maximum absolute atomic E-state index is 9.32. The van der Waals surface area contributed by atoms with Gasteiger partial charge in [0, 0.05) is 0 Å². The summed E-state index contributed by atoms with van der Waals surface area (Å²) in [6, 6.07) is 8.66. The van der Waals surface area contributed by atoms with Crippen LogP contribution in [0.25, 0.3) is 15.2 Å². The van der Waals surface area contributed by atoms with Crippen LogP contribution < -0.4 is 5.49 Å². The molecule has 1 aromatic carbocycles. The molecule has 2 heterocycles. The molecule has 110 valence electrons. The average Bonchev–Trinajstić information content (AvgIpc) is 2.87. The van der Waals surface area contributed by atoms with E-state index < -0.39 is 5.92 Å². The Hall–Kier alpha value is -2.63. The van der Waals surface area contributed by atoms with Crippen LogP contribution in [0.4, 0.5) is 0 Å². The zero-order valence-electron chi connectivity index (χ0n) is 11.1. The lowest BCUT2D eigenvalue weighted by atomic mass is 10.0. The second kappa shape index (κ2) is 5.53. The van der Waals surface area contributed by atoms with E-state index in [0.29, 0.717) is 20.5 Å². The fraction of sp³-hybridized carbons (Fsp3) is 0.0714. The Morgan fingerprint density at radius 3 is 2.43 bits per heavy atom. The number of halogens is 2. The minimum atomic E-state index is -1.21. The van der Waals surface area contributed by atoms with Gasteiger partial charge in [-0.3, -0.25) is 9.81 Å². The molecule has 1 N–H and O–H groups in total. The van der Waals surface area contributed by atoms with Crippen LogP contribution >= 0.6 is 34.5 Å². The summed E-state index contributed by atoms with van der Waals surface area (Å²) in [5.41, 5.74) is 0.325. The predicted molar refractivity (Wildman–Crippen MR) is 85.1 cm³/mol. The highest BCUT2D eigenvalue weighted by Gasteiger charge is 2.21. The SMILES string of the molecule is N#Cc1c(C(C#N)C#N)nc2sc3cc(Cl)c(Cl)cc3n2c1=N. The van der Waals surface area contributed by atoms with Crippen molar-refractivity contribution in [3.63, 3.8) is 0 Å². The molecule has 0 fully saturated rings. The highest BCUT2D eigenvalue weighted by molar-refractivity contribution is 7.23. The molecule has 2 aromatic heterocycles. The normalized spacial score (nSPS) is 10.6. The van der Waals surface area contributed by atoms with Crippen molar-refractivity contribution in [3.8, 4) is 18.2 Å². The number of rotatable bonds is 1. The molecule has 0 aliphatic carbocycles. The molecule has 0 aliphatic heterocycles. The fourth-order valence-corrected chi connectivity index (χ4v) is 3.61. The first-order chi connectivity index (χ1) is 11.0. The summed E-state index contributed by atoms with van der Waals surface area (Å²) < 4.78 is 2.18. The maximum Gasteiger partial charge on any atom is 0.196 e. The van der Waals surface area contributed by atoms with Gasteiger partial charge in [0.05, 0.1) is 38.1 Å². The van der Waals surface area contributed by atoms with Crippen molar-refractivity contribution in [2.45, 2.75) is 5.92 Å². The summed E-state index contributed by atoms with van der Waals surface area (Å²) in [6.45, 7) is 0. The van der Waals surface area contributed by atoms with Crippen molar-refractivity contribution < 1.29 is 0 Å². The van der Waals surface area contributed by atoms with Gasteiger partial charge in [0.1, 0.15) is 11.6 Å². The zero-order chi connectivity index (χ0) is 16.7. The first-order valence-corrected chi connectivity index (χ1v) is 7.67. The largest absolute Gasteiger partial charge is 0.283 e. The molecule has 23 heavy (non-hydrogen) atoms. The summed E-state index contributed by atoms with van der Waals surface area (Å²) in [7, 11) is 0. The topological polar surface area (TPSA) is 113 Å². The Morgan fingerprint density at radius 2 is 1.83 bits per heavy atom. The number of nitriles is 3. The fourth-order valence-electron chi connectivity index (χ4n) is 2.17. The van der Waals surface area contributed by atoms with E-state index in [2.05, 4.69) is 4.98 Å². The van der Waals surface area contributed by atoms with Crippen molar-refractivity contribution in [1.82, 2.24) is 9.38 Å². The molecule has 0 radical (unpaired) electrons. The maximum atomic E-state index is 9.32. The van der Waals surface area contributed by atoms with Crippen molar-refractivity contribution in [3.05, 3.63) is 38.9 Å². The van der Waals surface area contributed by atoms with E-state index in [1.807, 2.05) is 6.07 Å². The predicted octanol–water partition coefficient (Wildman–Crippen LogP) is 3.34. The molecule has 3 aromatic rings. The number of hydrogen-bond acceptors (Lipinski definition) is 6. The van der Waals surface area contributed by atoms with E-state index in [9.17, 15) is 5.26 Å². The van der Waals surface area contributed by atoms with E-state index >= 15 is 0 Å². The molecule has 0 atom stereocenters. The average molecular weight is 359 g/mol. The number of nitrogens with one attached hydrogen (secondary N) is 1. The van der Waals surface area contributed by atoms with Gasteiger partial charge in [0.2, 0.25) is 0 Å². The van der Waals surface area contributed by atoms with E-state index in [1.165, 1.54) is 15.7 Å². The Kier molecular flexibility index (Phi) is 3.67. The third-order valence-electron chi connectivity index (χ3n) is 3.21. The van der Waals surface area contributed by atoms with E-state index in [0.717, 1.165) is 4.70 Å². The van der Waals surface area contributed by atoms with Gasteiger partial charge >= 0.3 is 0 Å². The number of benzene rings is 1. The standard InChI is InChI=1S/C14H4Cl2N6S/c15-8-1-10-11(2-9(8)16)23-14-21-12(6(3-17)4-18)7(5-19)13(20)22(10)14/h1-2,6,20H. The molecule has 0 spiro atoms. The van der Waals surface area contributed by atoms with Gasteiger partial charge in [-0.05, 0) is 12.1 Å². The van der Waals surface area contributed by atoms with Crippen LogP contribution in [-0.4, -0.2) is 9.38 Å². The summed E-state index contributed by atoms with van der Waals surface area (Å²) in [5, 5.41) is 36.4. The van der Waals surface area contributed by atoms with Gasteiger partial charge in [-0.25, -0.2) is 4.98 Å². The molecule has 9 heteroatoms. The number of nitrogens with zero attached hydrogens (tertiary/aromatic N) is 5. The lowest BCUT2D eigenvalue weighted by Crippen LogP contribution is -2.21. The molecule has 3 rings (SSSR count). The van der Waals surface area contributed by atoms with Crippen molar-refractivity contribution in [1.29, 1.82) is 21.2 Å². The third-order valence-corrected chi connectivity index (χ3v) is 4.94. The van der Waals surface area contributed by atoms with Gasteiger partial charge in [-0.15, -0.1) is 0 Å². The van der Waals surface area contributed by atoms with Crippen LogP contribution in [0.1, 0.15) is 17.2 Å². The minimum absolute atomic E-state index is 0.00810. The number of fused-ring (bicyclic) bond motifs is 3. The highest BCUT2D eigenvalue weighted by Crippen LogP contribution is 2.32. The summed E-state index contributed by atoms with van der Waals surface area (Å²) in [4.78, 5) is 4.64. The lowest BCUT2D eigenvalue weighted by molar-refractivity contribution is 0.933. The van der Waals surface area contributed by atoms with E-state index in [-0.39, 0.29) is 16.7 Å². The molecule has 0 aliphatic rings. The van der Waals surface area contributed by atoms with Crippen LogP contribution in [0, 0.1) is 39.4 Å². The Labute approximate surface area is 143 Å². The summed E-state index contributed by atoms with van der Waals surface area (Å²) >= 11 is 13.3. The van der Waals surface area contributed by atoms with Gasteiger partial charge < -0.3 is 0 Å². The van der Waals surface area contributed by atoms with Crippen LogP contribution in [0.2, 0.25) is 10.0 Å². The smallest absolute Gasteiger partial charge is 0.196 e. The van der Waals surface area contributed by atoms with Crippen molar-refractivity contribution in [2.24, 2.45) is 0 Å². The van der Waals surface area contributed by atoms with E-state index in [1.54, 1.807) is 24.3 Å². The summed E-state index contributed by atoms with van der Waals surface area (Å²) in [5.74, 6) is -1.21. The van der Waals surface area contributed by atoms with E-state index in [4.69, 9.17) is 39.1 Å². The van der Waals surface area contributed by atoms with Crippen LogP contribution in [0.5, 0.6) is 0 Å². The Morgan fingerprint density at radius 1 is 1.17 bits per heavy atom. The third kappa shape index (κ3) is 2.21. The molecule has 0 amide bonds. The molecule has 0 saturated carbocycles. The molecular formula is C14H4Cl2N6S.